The Labute approximate surface area is 157 Å². The maximum atomic E-state index is 12.2. The van der Waals surface area contributed by atoms with E-state index >= 15 is 0 Å². The second kappa shape index (κ2) is 6.25. The Balaban J connectivity index is 1.48. The van der Waals surface area contributed by atoms with Gasteiger partial charge in [-0.1, -0.05) is 12.5 Å². The van der Waals surface area contributed by atoms with Gasteiger partial charge in [-0.15, -0.1) is 0 Å². The minimum atomic E-state index is -0.401. The second-order valence-electron chi connectivity index (χ2n) is 7.72. The topological polar surface area (TPSA) is 75.5 Å². The summed E-state index contributed by atoms with van der Waals surface area (Å²) in [6.07, 6.45) is 5.62. The highest BCUT2D eigenvalue weighted by Crippen LogP contribution is 2.48. The summed E-state index contributed by atoms with van der Waals surface area (Å²) >= 11 is 0. The Morgan fingerprint density at radius 2 is 2.00 bits per heavy atom. The molecule has 27 heavy (non-hydrogen) atoms. The summed E-state index contributed by atoms with van der Waals surface area (Å²) in [5.41, 5.74) is 0.662. The van der Waals surface area contributed by atoms with E-state index in [1.54, 1.807) is 0 Å². The van der Waals surface area contributed by atoms with Gasteiger partial charge in [0.1, 0.15) is 17.2 Å². The molecule has 2 aliphatic heterocycles. The molecule has 3 aliphatic rings. The van der Waals surface area contributed by atoms with Crippen molar-refractivity contribution < 1.29 is 19.0 Å². The molecule has 7 heteroatoms. The lowest BCUT2D eigenvalue weighted by Crippen LogP contribution is -2.37. The van der Waals surface area contributed by atoms with Crippen LogP contribution in [0.4, 0.5) is 0 Å². The van der Waals surface area contributed by atoms with Gasteiger partial charge in [-0.05, 0) is 50.3 Å². The summed E-state index contributed by atoms with van der Waals surface area (Å²) in [7, 11) is 0. The lowest BCUT2D eigenvalue weighted by Gasteiger charge is -2.36. The molecular formula is C20H23N3O4. The van der Waals surface area contributed by atoms with Crippen molar-refractivity contribution in [1.29, 1.82) is 0 Å². The summed E-state index contributed by atoms with van der Waals surface area (Å²) < 4.78 is 18.7. The Kier molecular flexibility index (Phi) is 3.84. The highest BCUT2D eigenvalue weighted by atomic mass is 16.7. The summed E-state index contributed by atoms with van der Waals surface area (Å²) in [5.74, 6) is 2.96. The molecule has 142 valence electrons. The number of aromatic nitrogens is 3. The van der Waals surface area contributed by atoms with E-state index in [-0.39, 0.29) is 18.7 Å². The molecule has 1 aromatic carbocycles. The standard InChI is InChI=1S/C20H23N3O4/c1-13-21-19(15-10-18(24)27-20(15)7-3-2-4-8-20)23(22-13)11-14-5-6-16-17(9-14)26-12-25-16/h5-6,9,15H,2-4,7-8,10-12H2,1H3/t15-/m0/s1. The zero-order chi connectivity index (χ0) is 18.4. The molecule has 0 bridgehead atoms. The summed E-state index contributed by atoms with van der Waals surface area (Å²) in [5, 5.41) is 4.61. The van der Waals surface area contributed by atoms with Gasteiger partial charge in [0.15, 0.2) is 11.5 Å². The molecule has 3 heterocycles. The molecular weight excluding hydrogens is 346 g/mol. The molecule has 2 aromatic rings. The predicted molar refractivity (Wildman–Crippen MR) is 95.7 cm³/mol. The average molecular weight is 369 g/mol. The maximum Gasteiger partial charge on any atom is 0.307 e. The summed E-state index contributed by atoms with van der Waals surface area (Å²) in [6.45, 7) is 2.73. The number of hydrogen-bond acceptors (Lipinski definition) is 6. The van der Waals surface area contributed by atoms with Crippen LogP contribution in [-0.4, -0.2) is 33.1 Å². The van der Waals surface area contributed by atoms with Crippen LogP contribution in [0.2, 0.25) is 0 Å². The zero-order valence-corrected chi connectivity index (χ0v) is 15.4. The van der Waals surface area contributed by atoms with Crippen molar-refractivity contribution in [2.75, 3.05) is 6.79 Å². The van der Waals surface area contributed by atoms with Gasteiger partial charge in [-0.25, -0.2) is 9.67 Å². The van der Waals surface area contributed by atoms with E-state index in [0.29, 0.717) is 13.0 Å². The van der Waals surface area contributed by atoms with E-state index in [4.69, 9.17) is 19.2 Å². The highest BCUT2D eigenvalue weighted by Gasteiger charge is 2.52. The third kappa shape index (κ3) is 2.85. The third-order valence-electron chi connectivity index (χ3n) is 5.91. The molecule has 0 N–H and O–H groups in total. The fourth-order valence-corrected chi connectivity index (χ4v) is 4.68. The molecule has 1 spiro atoms. The van der Waals surface area contributed by atoms with Crippen molar-refractivity contribution in [2.45, 2.75) is 63.5 Å². The fraction of sp³-hybridized carbons (Fsp3) is 0.550. The van der Waals surface area contributed by atoms with Crippen molar-refractivity contribution in [3.63, 3.8) is 0 Å². The van der Waals surface area contributed by atoms with Crippen LogP contribution in [0.25, 0.3) is 0 Å². The Morgan fingerprint density at radius 1 is 1.19 bits per heavy atom. The van der Waals surface area contributed by atoms with Crippen LogP contribution in [0.5, 0.6) is 11.5 Å². The smallest absolute Gasteiger partial charge is 0.307 e. The number of carbonyl (C=O) groups is 1. The first kappa shape index (κ1) is 16.6. The predicted octanol–water partition coefficient (Wildman–Crippen LogP) is 3.10. The number of ether oxygens (including phenoxy) is 3. The quantitative estimate of drug-likeness (QED) is 0.774. The number of esters is 1. The van der Waals surface area contributed by atoms with E-state index in [1.807, 2.05) is 29.8 Å². The van der Waals surface area contributed by atoms with Crippen LogP contribution in [0, 0.1) is 6.92 Å². The molecule has 1 atom stereocenters. The van der Waals surface area contributed by atoms with Crippen molar-refractivity contribution in [1.82, 2.24) is 14.8 Å². The largest absolute Gasteiger partial charge is 0.458 e. The van der Waals surface area contributed by atoms with E-state index in [2.05, 4.69) is 5.10 Å². The molecule has 0 unspecified atom stereocenters. The minimum Gasteiger partial charge on any atom is -0.458 e. The Hall–Kier alpha value is -2.57. The SMILES string of the molecule is Cc1nc([C@@H]2CC(=O)OC23CCCCC3)n(Cc2ccc3c(c2)OCO3)n1. The van der Waals surface area contributed by atoms with Crippen LogP contribution in [0.1, 0.15) is 61.7 Å². The molecule has 5 rings (SSSR count). The monoisotopic (exact) mass is 369 g/mol. The van der Waals surface area contributed by atoms with Crippen molar-refractivity contribution in [2.24, 2.45) is 0 Å². The lowest BCUT2D eigenvalue weighted by molar-refractivity contribution is -0.151. The van der Waals surface area contributed by atoms with Gasteiger partial charge in [-0.3, -0.25) is 4.79 Å². The molecule has 0 radical (unpaired) electrons. The number of nitrogens with zero attached hydrogens (tertiary/aromatic N) is 3. The molecule has 1 saturated heterocycles. The number of aryl methyl sites for hydroxylation is 1. The van der Waals surface area contributed by atoms with Gasteiger partial charge in [-0.2, -0.15) is 5.10 Å². The summed E-state index contributed by atoms with van der Waals surface area (Å²) in [6, 6.07) is 5.92. The van der Waals surface area contributed by atoms with Gasteiger partial charge in [0.25, 0.3) is 0 Å². The number of rotatable bonds is 3. The first-order valence-corrected chi connectivity index (χ1v) is 9.65. The molecule has 1 aliphatic carbocycles. The number of carbonyl (C=O) groups excluding carboxylic acids is 1. The van der Waals surface area contributed by atoms with E-state index in [1.165, 1.54) is 6.42 Å². The van der Waals surface area contributed by atoms with Crippen molar-refractivity contribution in [3.8, 4) is 11.5 Å². The summed E-state index contributed by atoms with van der Waals surface area (Å²) in [4.78, 5) is 16.9. The molecule has 7 nitrogen and oxygen atoms in total. The minimum absolute atomic E-state index is 0.0273. The van der Waals surface area contributed by atoms with Crippen LogP contribution in [-0.2, 0) is 16.1 Å². The lowest BCUT2D eigenvalue weighted by atomic mass is 9.75. The second-order valence-corrected chi connectivity index (χ2v) is 7.72. The molecule has 0 amide bonds. The first-order chi connectivity index (χ1) is 13.1. The molecule has 1 aromatic heterocycles. The van der Waals surface area contributed by atoms with Gasteiger partial charge in [0.05, 0.1) is 18.9 Å². The Morgan fingerprint density at radius 3 is 2.85 bits per heavy atom. The molecule has 1 saturated carbocycles. The maximum absolute atomic E-state index is 12.2. The van der Waals surface area contributed by atoms with Gasteiger partial charge >= 0.3 is 5.97 Å². The normalized spacial score (nSPS) is 23.0. The third-order valence-corrected chi connectivity index (χ3v) is 5.91. The average Bonchev–Trinajstić information content (AvgIpc) is 3.33. The van der Waals surface area contributed by atoms with Crippen LogP contribution in [0.15, 0.2) is 18.2 Å². The van der Waals surface area contributed by atoms with Crippen molar-refractivity contribution in [3.05, 3.63) is 35.4 Å². The van der Waals surface area contributed by atoms with E-state index in [9.17, 15) is 4.79 Å². The highest BCUT2D eigenvalue weighted by molar-refractivity contribution is 5.74. The molecule has 2 fully saturated rings. The number of hydrogen-bond donors (Lipinski definition) is 0. The van der Waals surface area contributed by atoms with Crippen LogP contribution < -0.4 is 9.47 Å². The van der Waals surface area contributed by atoms with Gasteiger partial charge in [0, 0.05) is 0 Å². The zero-order valence-electron chi connectivity index (χ0n) is 15.4. The number of fused-ring (bicyclic) bond motifs is 1. The van der Waals surface area contributed by atoms with E-state index < -0.39 is 5.60 Å². The van der Waals surface area contributed by atoms with Crippen LogP contribution in [0.3, 0.4) is 0 Å². The van der Waals surface area contributed by atoms with Crippen LogP contribution >= 0.6 is 0 Å². The van der Waals surface area contributed by atoms with E-state index in [0.717, 1.165) is 54.4 Å². The van der Waals surface area contributed by atoms with Gasteiger partial charge in [0.2, 0.25) is 6.79 Å². The van der Waals surface area contributed by atoms with Crippen molar-refractivity contribution >= 4 is 5.97 Å². The first-order valence-electron chi connectivity index (χ1n) is 9.65. The fourth-order valence-electron chi connectivity index (χ4n) is 4.68. The van der Waals surface area contributed by atoms with Gasteiger partial charge < -0.3 is 14.2 Å². The number of benzene rings is 1. The Bertz CT molecular complexity index is 885.